The van der Waals surface area contributed by atoms with E-state index in [4.69, 9.17) is 0 Å². The highest BCUT2D eigenvalue weighted by atomic mass is 15.3. The number of anilines is 1. The Hall–Kier alpha value is -3.22. The van der Waals surface area contributed by atoms with Crippen LogP contribution in [0.4, 0.5) is 5.69 Å². The van der Waals surface area contributed by atoms with Crippen LogP contribution in [0.2, 0.25) is 0 Å². The van der Waals surface area contributed by atoms with Crippen molar-refractivity contribution >= 4 is 16.6 Å². The van der Waals surface area contributed by atoms with Crippen LogP contribution in [0, 0.1) is 13.8 Å². The summed E-state index contributed by atoms with van der Waals surface area (Å²) in [6.07, 6.45) is 2.52. The van der Waals surface area contributed by atoms with E-state index in [1.807, 2.05) is 13.8 Å². The van der Waals surface area contributed by atoms with Crippen molar-refractivity contribution in [1.82, 2.24) is 25.0 Å². The number of aromatic nitrogens is 3. The third-order valence-corrected chi connectivity index (χ3v) is 7.23. The molecule has 1 atom stereocenters. The highest BCUT2D eigenvalue weighted by molar-refractivity contribution is 5.95. The minimum atomic E-state index is 0.572. The first-order valence-corrected chi connectivity index (χ1v) is 12.3. The number of nitrogens with one attached hydrogen (secondary N) is 2. The zero-order valence-electron chi connectivity index (χ0n) is 20.0. The van der Waals surface area contributed by atoms with Gasteiger partial charge in [0, 0.05) is 53.7 Å². The maximum Gasteiger partial charge on any atom is 0.100 e. The van der Waals surface area contributed by atoms with E-state index >= 15 is 0 Å². The zero-order chi connectivity index (χ0) is 23.1. The van der Waals surface area contributed by atoms with Gasteiger partial charge in [-0.15, -0.1) is 0 Å². The highest BCUT2D eigenvalue weighted by Gasteiger charge is 2.28. The van der Waals surface area contributed by atoms with Crippen molar-refractivity contribution in [1.29, 1.82) is 0 Å². The molecule has 2 N–H and O–H groups in total. The third-order valence-electron chi connectivity index (χ3n) is 7.23. The van der Waals surface area contributed by atoms with Gasteiger partial charge in [-0.2, -0.15) is 5.10 Å². The van der Waals surface area contributed by atoms with Crippen LogP contribution in [-0.4, -0.2) is 50.8 Å². The molecule has 2 aromatic heterocycles. The number of piperidine rings is 1. The van der Waals surface area contributed by atoms with Crippen LogP contribution < -0.4 is 5.32 Å². The molecule has 0 amide bonds. The topological polar surface area (TPSA) is 60.1 Å². The van der Waals surface area contributed by atoms with Gasteiger partial charge in [0.2, 0.25) is 0 Å². The molecule has 0 bridgehead atoms. The molecular weight excluding hydrogens is 420 g/mol. The van der Waals surface area contributed by atoms with Crippen LogP contribution in [0.25, 0.3) is 22.2 Å². The van der Waals surface area contributed by atoms with Gasteiger partial charge in [0.15, 0.2) is 0 Å². The lowest BCUT2D eigenvalue weighted by molar-refractivity contribution is 0.0908. The minimum Gasteiger partial charge on any atom is -0.372 e. The van der Waals surface area contributed by atoms with Gasteiger partial charge in [0.1, 0.15) is 5.69 Å². The standard InChI is InChI=1S/C28H32N6/c1-19-11-22(12-20(2)30-19)28-25-13-23-16-34(18-29-26(23)14-27(25)31-32-28)24-9-6-10-33(17-24)15-21-7-4-3-5-8-21/h3-5,7-8,11-14,24,29H,6,9-10,15-18H2,1-2H3,(H,31,32)/t24-/m0/s1. The lowest BCUT2D eigenvalue weighted by atomic mass is 9.99. The Morgan fingerprint density at radius 3 is 2.68 bits per heavy atom. The lowest BCUT2D eigenvalue weighted by Crippen LogP contribution is -2.50. The van der Waals surface area contributed by atoms with Gasteiger partial charge in [-0.1, -0.05) is 30.3 Å². The molecule has 174 valence electrons. The predicted octanol–water partition coefficient (Wildman–Crippen LogP) is 5.09. The smallest absolute Gasteiger partial charge is 0.100 e. The molecule has 34 heavy (non-hydrogen) atoms. The maximum absolute atomic E-state index is 4.68. The number of fused-ring (bicyclic) bond motifs is 2. The largest absolute Gasteiger partial charge is 0.372 e. The number of H-pyrrole nitrogens is 1. The number of hydrogen-bond acceptors (Lipinski definition) is 5. The molecule has 0 unspecified atom stereocenters. The van der Waals surface area contributed by atoms with Gasteiger partial charge in [-0.25, -0.2) is 0 Å². The monoisotopic (exact) mass is 452 g/mol. The molecule has 2 aliphatic rings. The fourth-order valence-electron chi connectivity index (χ4n) is 5.63. The quantitative estimate of drug-likeness (QED) is 0.452. The van der Waals surface area contributed by atoms with Crippen molar-refractivity contribution < 1.29 is 0 Å². The van der Waals surface area contributed by atoms with Crippen LogP contribution in [0.15, 0.2) is 54.6 Å². The number of hydrogen-bond donors (Lipinski definition) is 2. The molecule has 6 nitrogen and oxygen atoms in total. The van der Waals surface area contributed by atoms with Crippen molar-refractivity contribution in [2.45, 2.75) is 45.8 Å². The predicted molar refractivity (Wildman–Crippen MR) is 138 cm³/mol. The number of nitrogens with zero attached hydrogens (tertiary/aromatic N) is 4. The van der Waals surface area contributed by atoms with Crippen LogP contribution >= 0.6 is 0 Å². The molecule has 4 heterocycles. The summed E-state index contributed by atoms with van der Waals surface area (Å²) in [6.45, 7) is 9.31. The average Bonchev–Trinajstić information content (AvgIpc) is 3.25. The van der Waals surface area contributed by atoms with E-state index in [1.165, 1.54) is 41.6 Å². The van der Waals surface area contributed by atoms with Gasteiger partial charge in [0.25, 0.3) is 0 Å². The number of rotatable bonds is 4. The molecule has 1 fully saturated rings. The van der Waals surface area contributed by atoms with Crippen molar-refractivity contribution in [3.05, 3.63) is 77.1 Å². The number of aromatic amines is 1. The van der Waals surface area contributed by atoms with E-state index < -0.39 is 0 Å². The number of likely N-dealkylation sites (tertiary alicyclic amines) is 1. The van der Waals surface area contributed by atoms with Gasteiger partial charge < -0.3 is 5.32 Å². The Labute approximate surface area is 201 Å². The molecule has 6 rings (SSSR count). The Morgan fingerprint density at radius 1 is 1.03 bits per heavy atom. The maximum atomic E-state index is 4.68. The molecule has 0 saturated carbocycles. The second-order valence-electron chi connectivity index (χ2n) is 9.86. The molecule has 0 spiro atoms. The first-order chi connectivity index (χ1) is 16.6. The lowest BCUT2D eigenvalue weighted by Gasteiger charge is -2.41. The summed E-state index contributed by atoms with van der Waals surface area (Å²) < 4.78 is 0. The van der Waals surface area contributed by atoms with Crippen molar-refractivity contribution in [3.8, 4) is 11.3 Å². The first-order valence-electron chi connectivity index (χ1n) is 12.3. The van der Waals surface area contributed by atoms with E-state index in [0.717, 1.165) is 54.5 Å². The fourth-order valence-corrected chi connectivity index (χ4v) is 5.63. The van der Waals surface area contributed by atoms with Gasteiger partial charge in [-0.05, 0) is 68.6 Å². The second kappa shape index (κ2) is 8.85. The van der Waals surface area contributed by atoms with Crippen LogP contribution in [0.3, 0.4) is 0 Å². The highest BCUT2D eigenvalue weighted by Crippen LogP contribution is 2.34. The summed E-state index contributed by atoms with van der Waals surface area (Å²) in [5.41, 5.74) is 9.23. The van der Waals surface area contributed by atoms with Gasteiger partial charge >= 0.3 is 0 Å². The van der Waals surface area contributed by atoms with E-state index in [1.54, 1.807) is 0 Å². The normalized spacial score (nSPS) is 19.2. The first kappa shape index (κ1) is 21.3. The zero-order valence-corrected chi connectivity index (χ0v) is 20.0. The van der Waals surface area contributed by atoms with Crippen molar-refractivity contribution in [3.63, 3.8) is 0 Å². The molecule has 4 aromatic rings. The molecule has 0 aliphatic carbocycles. The summed E-state index contributed by atoms with van der Waals surface area (Å²) >= 11 is 0. The van der Waals surface area contributed by atoms with E-state index in [2.05, 4.69) is 84.9 Å². The van der Waals surface area contributed by atoms with Crippen LogP contribution in [0.1, 0.15) is 35.4 Å². The Kier molecular flexibility index (Phi) is 5.55. The SMILES string of the molecule is Cc1cc(-c2n[nH]c3cc4c(cc23)CN([C@H]2CCCN(Cc3ccccc3)C2)CN4)cc(C)n1. The van der Waals surface area contributed by atoms with Gasteiger partial charge in [0.05, 0.1) is 12.2 Å². The molecule has 1 saturated heterocycles. The average molecular weight is 453 g/mol. The van der Waals surface area contributed by atoms with Crippen molar-refractivity contribution in [2.24, 2.45) is 0 Å². The summed E-state index contributed by atoms with van der Waals surface area (Å²) in [6, 6.07) is 20.2. The molecule has 0 radical (unpaired) electrons. The molecule has 2 aromatic carbocycles. The van der Waals surface area contributed by atoms with E-state index in [9.17, 15) is 0 Å². The molecule has 6 heteroatoms. The number of benzene rings is 2. The number of pyridine rings is 1. The minimum absolute atomic E-state index is 0.572. The Morgan fingerprint density at radius 2 is 1.85 bits per heavy atom. The summed E-state index contributed by atoms with van der Waals surface area (Å²) in [4.78, 5) is 9.76. The second-order valence-corrected chi connectivity index (χ2v) is 9.86. The summed E-state index contributed by atoms with van der Waals surface area (Å²) in [5, 5.41) is 12.8. The molecular formula is C28H32N6. The van der Waals surface area contributed by atoms with Crippen LogP contribution in [0.5, 0.6) is 0 Å². The van der Waals surface area contributed by atoms with E-state index in [0.29, 0.717) is 6.04 Å². The summed E-state index contributed by atoms with van der Waals surface area (Å²) in [5.74, 6) is 0. The van der Waals surface area contributed by atoms with E-state index in [-0.39, 0.29) is 0 Å². The van der Waals surface area contributed by atoms with Crippen molar-refractivity contribution in [2.75, 3.05) is 25.1 Å². The van der Waals surface area contributed by atoms with Crippen LogP contribution in [-0.2, 0) is 13.1 Å². The number of aryl methyl sites for hydroxylation is 2. The third kappa shape index (κ3) is 4.19. The fraction of sp³-hybridized carbons (Fsp3) is 0.357. The molecule has 2 aliphatic heterocycles. The Balaban J connectivity index is 1.23. The summed E-state index contributed by atoms with van der Waals surface area (Å²) in [7, 11) is 0. The van der Waals surface area contributed by atoms with Gasteiger partial charge in [-0.3, -0.25) is 19.9 Å². The Bertz CT molecular complexity index is 1290.